The summed E-state index contributed by atoms with van der Waals surface area (Å²) in [6, 6.07) is 13.3. The predicted molar refractivity (Wildman–Crippen MR) is 169 cm³/mol. The van der Waals surface area contributed by atoms with Gasteiger partial charge in [0, 0.05) is 85.6 Å². The molecule has 11 heteroatoms. The summed E-state index contributed by atoms with van der Waals surface area (Å²) in [5.41, 5.74) is 4.87. The predicted octanol–water partition coefficient (Wildman–Crippen LogP) is 6.60. The summed E-state index contributed by atoms with van der Waals surface area (Å²) < 4.78 is 47.9. The molecule has 4 heterocycles. The van der Waals surface area contributed by atoms with Crippen LogP contribution in [0.2, 0.25) is 0 Å². The van der Waals surface area contributed by atoms with Crippen molar-refractivity contribution < 1.29 is 22.5 Å². The topological polar surface area (TPSA) is 88.3 Å². The minimum absolute atomic E-state index is 0.162. The standard InChI is InChI=1S/C35H33F3N6O2/c1-22-4-5-24(15-32(45)29-7-6-28(18-30(29)35(36,37)38)44-12-10-43(3)11-13-44)14-25(22)17-33-40-9-8-31(42-33)26-16-27(21-39-20-26)34-23(2)19-41-46-34/h4-9,14,16,18-21H,10-13,15,17H2,1-3H3. The number of carbonyl (C=O) groups is 1. The summed E-state index contributed by atoms with van der Waals surface area (Å²) >= 11 is 0. The number of ketones is 1. The number of rotatable bonds is 8. The smallest absolute Gasteiger partial charge is 0.369 e. The second kappa shape index (κ2) is 12.8. The van der Waals surface area contributed by atoms with E-state index in [0.717, 1.165) is 47.0 Å². The molecule has 1 aliphatic heterocycles. The minimum Gasteiger partial charge on any atom is -0.369 e. The Morgan fingerprint density at radius 3 is 2.43 bits per heavy atom. The number of benzene rings is 2. The van der Waals surface area contributed by atoms with E-state index in [2.05, 4.69) is 20.0 Å². The number of likely N-dealkylation sites (N-methyl/N-ethyl adjacent to an activating group) is 1. The van der Waals surface area contributed by atoms with E-state index in [1.165, 1.54) is 6.07 Å². The number of halogens is 3. The van der Waals surface area contributed by atoms with Crippen LogP contribution < -0.4 is 4.90 Å². The molecule has 1 fully saturated rings. The van der Waals surface area contributed by atoms with Gasteiger partial charge in [-0.25, -0.2) is 9.97 Å². The lowest BCUT2D eigenvalue weighted by atomic mass is 9.94. The highest BCUT2D eigenvalue weighted by Crippen LogP contribution is 2.36. The zero-order chi connectivity index (χ0) is 32.4. The van der Waals surface area contributed by atoms with Gasteiger partial charge in [0.05, 0.1) is 17.5 Å². The maximum absolute atomic E-state index is 14.2. The molecular weight excluding hydrogens is 593 g/mol. The van der Waals surface area contributed by atoms with E-state index in [1.807, 2.05) is 44.0 Å². The van der Waals surface area contributed by atoms with E-state index in [1.54, 1.807) is 43.0 Å². The van der Waals surface area contributed by atoms with Crippen molar-refractivity contribution in [1.82, 2.24) is 25.0 Å². The zero-order valence-electron chi connectivity index (χ0n) is 25.8. The number of alkyl halides is 3. The first-order chi connectivity index (χ1) is 22.0. The lowest BCUT2D eigenvalue weighted by molar-refractivity contribution is -0.137. The minimum atomic E-state index is -4.66. The van der Waals surface area contributed by atoms with Crippen molar-refractivity contribution in [2.24, 2.45) is 0 Å². The number of nitrogens with zero attached hydrogens (tertiary/aromatic N) is 6. The summed E-state index contributed by atoms with van der Waals surface area (Å²) in [4.78, 5) is 31.0. The second-order valence-electron chi connectivity index (χ2n) is 11.7. The highest BCUT2D eigenvalue weighted by atomic mass is 19.4. The summed E-state index contributed by atoms with van der Waals surface area (Å²) in [5, 5.41) is 3.85. The van der Waals surface area contributed by atoms with Gasteiger partial charge in [-0.15, -0.1) is 0 Å². The first-order valence-corrected chi connectivity index (χ1v) is 15.0. The third-order valence-electron chi connectivity index (χ3n) is 8.35. The molecule has 0 N–H and O–H groups in total. The molecule has 1 aliphatic rings. The molecule has 0 spiro atoms. The SMILES string of the molecule is Cc1ccc(CC(=O)c2ccc(N3CCN(C)CC3)cc2C(F)(F)F)cc1Cc1nccc(-c2cncc(-c3oncc3C)c2)n1. The summed E-state index contributed by atoms with van der Waals surface area (Å²) in [7, 11) is 1.99. The molecule has 5 aromatic rings. The van der Waals surface area contributed by atoms with Gasteiger partial charge in [0.2, 0.25) is 0 Å². The number of carbonyl (C=O) groups excluding carboxylic acids is 1. The van der Waals surface area contributed by atoms with Crippen molar-refractivity contribution in [3.63, 3.8) is 0 Å². The number of anilines is 1. The van der Waals surface area contributed by atoms with Crippen molar-refractivity contribution >= 4 is 11.5 Å². The van der Waals surface area contributed by atoms with Gasteiger partial charge in [0.1, 0.15) is 5.82 Å². The third-order valence-corrected chi connectivity index (χ3v) is 8.35. The van der Waals surface area contributed by atoms with Crippen molar-refractivity contribution in [3.05, 3.63) is 113 Å². The van der Waals surface area contributed by atoms with Gasteiger partial charge in [-0.2, -0.15) is 13.2 Å². The number of hydrogen-bond acceptors (Lipinski definition) is 8. The number of pyridine rings is 1. The second-order valence-corrected chi connectivity index (χ2v) is 11.7. The molecule has 1 saturated heterocycles. The van der Waals surface area contributed by atoms with Gasteiger partial charge >= 0.3 is 6.18 Å². The molecule has 8 nitrogen and oxygen atoms in total. The molecule has 3 aromatic heterocycles. The molecule has 0 atom stereocenters. The Kier molecular flexibility index (Phi) is 8.68. The van der Waals surface area contributed by atoms with E-state index in [4.69, 9.17) is 9.51 Å². The lowest BCUT2D eigenvalue weighted by Crippen LogP contribution is -2.44. The van der Waals surface area contributed by atoms with Gasteiger partial charge in [-0.05, 0) is 67.9 Å². The average molecular weight is 627 g/mol. The van der Waals surface area contributed by atoms with Crippen LogP contribution in [0.25, 0.3) is 22.6 Å². The monoisotopic (exact) mass is 626 g/mol. The Hall–Kier alpha value is -4.90. The molecule has 0 bridgehead atoms. The van der Waals surface area contributed by atoms with Gasteiger partial charge in [-0.1, -0.05) is 23.4 Å². The Labute approximate surface area is 264 Å². The lowest BCUT2D eigenvalue weighted by Gasteiger charge is -2.34. The van der Waals surface area contributed by atoms with Crippen LogP contribution in [0.4, 0.5) is 18.9 Å². The number of Topliss-reactive ketones (excluding diaryl/α,β-unsaturated/α-hetero) is 1. The molecule has 0 amide bonds. The van der Waals surface area contributed by atoms with Crippen LogP contribution in [-0.4, -0.2) is 64.0 Å². The summed E-state index contributed by atoms with van der Waals surface area (Å²) in [5.74, 6) is 0.614. The highest BCUT2D eigenvalue weighted by Gasteiger charge is 2.36. The Balaban J connectivity index is 1.21. The first kappa shape index (κ1) is 31.1. The van der Waals surface area contributed by atoms with Crippen molar-refractivity contribution in [2.45, 2.75) is 32.9 Å². The fraction of sp³-hybridized carbons (Fsp3) is 0.286. The zero-order valence-corrected chi connectivity index (χ0v) is 25.8. The van der Waals surface area contributed by atoms with Crippen LogP contribution in [0, 0.1) is 13.8 Å². The quantitative estimate of drug-likeness (QED) is 0.178. The van der Waals surface area contributed by atoms with Gasteiger partial charge < -0.3 is 14.3 Å². The van der Waals surface area contributed by atoms with Crippen LogP contribution in [0.1, 0.15) is 44.0 Å². The number of aromatic nitrogens is 4. The molecule has 0 saturated carbocycles. The van der Waals surface area contributed by atoms with Crippen molar-refractivity contribution in [1.29, 1.82) is 0 Å². The Bertz CT molecular complexity index is 1880. The molecule has 0 unspecified atom stereocenters. The molecular formula is C35H33F3N6O2. The Morgan fingerprint density at radius 2 is 1.70 bits per heavy atom. The van der Waals surface area contributed by atoms with Gasteiger partial charge in [0.25, 0.3) is 0 Å². The van der Waals surface area contributed by atoms with Gasteiger partial charge in [0.15, 0.2) is 11.5 Å². The van der Waals surface area contributed by atoms with Crippen LogP contribution in [0.3, 0.4) is 0 Å². The van der Waals surface area contributed by atoms with Crippen LogP contribution in [-0.2, 0) is 19.0 Å². The summed E-state index contributed by atoms with van der Waals surface area (Å²) in [6.45, 7) is 6.64. The maximum atomic E-state index is 14.2. The van der Waals surface area contributed by atoms with E-state index in [9.17, 15) is 18.0 Å². The molecule has 0 radical (unpaired) electrons. The maximum Gasteiger partial charge on any atom is 0.417 e. The van der Waals surface area contributed by atoms with Crippen LogP contribution in [0.15, 0.2) is 77.8 Å². The number of piperazine rings is 1. The highest BCUT2D eigenvalue weighted by molar-refractivity contribution is 5.99. The van der Waals surface area contributed by atoms with Gasteiger partial charge in [-0.3, -0.25) is 9.78 Å². The Morgan fingerprint density at radius 1 is 0.913 bits per heavy atom. The summed E-state index contributed by atoms with van der Waals surface area (Å²) in [6.07, 6.45) is 2.30. The van der Waals surface area contributed by atoms with E-state index < -0.39 is 17.5 Å². The normalized spacial score (nSPS) is 14.1. The van der Waals surface area contributed by atoms with Crippen molar-refractivity contribution in [3.8, 4) is 22.6 Å². The number of aryl methyl sites for hydroxylation is 2. The van der Waals surface area contributed by atoms with E-state index in [-0.39, 0.29) is 12.0 Å². The molecule has 6 rings (SSSR count). The molecule has 2 aromatic carbocycles. The molecule has 46 heavy (non-hydrogen) atoms. The first-order valence-electron chi connectivity index (χ1n) is 15.0. The van der Waals surface area contributed by atoms with Crippen LogP contribution >= 0.6 is 0 Å². The van der Waals surface area contributed by atoms with Crippen LogP contribution in [0.5, 0.6) is 0 Å². The average Bonchev–Trinajstić information content (AvgIpc) is 3.48. The largest absolute Gasteiger partial charge is 0.417 e. The fourth-order valence-electron chi connectivity index (χ4n) is 5.67. The van der Waals surface area contributed by atoms with E-state index >= 15 is 0 Å². The fourth-order valence-corrected chi connectivity index (χ4v) is 5.67. The molecule has 236 valence electrons. The third kappa shape index (κ3) is 6.84. The number of hydrogen-bond donors (Lipinski definition) is 0. The van der Waals surface area contributed by atoms with Crippen molar-refractivity contribution in [2.75, 3.05) is 38.1 Å². The van der Waals surface area contributed by atoms with E-state index in [0.29, 0.717) is 48.0 Å². The molecule has 0 aliphatic carbocycles.